The van der Waals surface area contributed by atoms with Crippen LogP contribution in [0.25, 0.3) is 0 Å². The third-order valence-corrected chi connectivity index (χ3v) is 2.44. The van der Waals surface area contributed by atoms with E-state index in [1.807, 2.05) is 0 Å². The van der Waals surface area contributed by atoms with Gasteiger partial charge in [-0.15, -0.1) is 11.6 Å². The number of hydrogen-bond donors (Lipinski definition) is 1. The summed E-state index contributed by atoms with van der Waals surface area (Å²) < 4.78 is 0. The molecule has 1 aromatic rings. The monoisotopic (exact) mass is 256 g/mol. The zero-order valence-corrected chi connectivity index (χ0v) is 9.60. The first-order valence-corrected chi connectivity index (χ1v) is 5.05. The standard InChI is InChI=1S/C10H9ClN2O4/c1-6(14)9(11)10(15)12-7-2-4-8(5-3-7)13(16)17/h2-5,9H,1H3,(H,12,15). The lowest BCUT2D eigenvalue weighted by molar-refractivity contribution is -0.384. The highest BCUT2D eigenvalue weighted by atomic mass is 35.5. The van der Waals surface area contributed by atoms with Crippen molar-refractivity contribution in [2.75, 3.05) is 5.32 Å². The maximum Gasteiger partial charge on any atom is 0.269 e. The summed E-state index contributed by atoms with van der Waals surface area (Å²) >= 11 is 5.53. The van der Waals surface area contributed by atoms with Gasteiger partial charge in [0.25, 0.3) is 5.69 Å². The number of halogens is 1. The van der Waals surface area contributed by atoms with Crippen LogP contribution in [0.15, 0.2) is 24.3 Å². The lowest BCUT2D eigenvalue weighted by Gasteiger charge is -2.07. The summed E-state index contributed by atoms with van der Waals surface area (Å²) in [6.45, 7) is 1.20. The number of nitrogens with one attached hydrogen (secondary N) is 1. The van der Waals surface area contributed by atoms with E-state index in [1.165, 1.54) is 31.2 Å². The van der Waals surface area contributed by atoms with Gasteiger partial charge in [-0.3, -0.25) is 19.7 Å². The Labute approximate surface area is 102 Å². The molecule has 1 aromatic carbocycles. The van der Waals surface area contributed by atoms with Crippen LogP contribution in [0.1, 0.15) is 6.92 Å². The highest BCUT2D eigenvalue weighted by Gasteiger charge is 2.20. The molecular weight excluding hydrogens is 248 g/mol. The number of rotatable bonds is 4. The van der Waals surface area contributed by atoms with Crippen molar-refractivity contribution in [3.63, 3.8) is 0 Å². The lowest BCUT2D eigenvalue weighted by Crippen LogP contribution is -2.28. The predicted molar refractivity (Wildman–Crippen MR) is 62.0 cm³/mol. The number of alkyl halides is 1. The maximum atomic E-state index is 11.4. The lowest BCUT2D eigenvalue weighted by atomic mass is 10.2. The van der Waals surface area contributed by atoms with Gasteiger partial charge in [-0.05, 0) is 19.1 Å². The molecule has 0 heterocycles. The van der Waals surface area contributed by atoms with E-state index in [0.717, 1.165) is 0 Å². The van der Waals surface area contributed by atoms with E-state index in [4.69, 9.17) is 11.6 Å². The number of nitro benzene ring substituents is 1. The van der Waals surface area contributed by atoms with Crippen molar-refractivity contribution in [2.45, 2.75) is 12.3 Å². The second-order valence-electron chi connectivity index (χ2n) is 3.27. The van der Waals surface area contributed by atoms with E-state index in [2.05, 4.69) is 5.32 Å². The van der Waals surface area contributed by atoms with Gasteiger partial charge < -0.3 is 5.32 Å². The number of benzene rings is 1. The molecule has 0 aromatic heterocycles. The molecule has 0 fully saturated rings. The zero-order chi connectivity index (χ0) is 13.0. The van der Waals surface area contributed by atoms with Crippen molar-refractivity contribution in [3.8, 4) is 0 Å². The molecule has 1 N–H and O–H groups in total. The van der Waals surface area contributed by atoms with Crippen molar-refractivity contribution >= 4 is 34.7 Å². The van der Waals surface area contributed by atoms with Gasteiger partial charge in [0.1, 0.15) is 0 Å². The Bertz CT molecular complexity index is 458. The Kier molecular flexibility index (Phi) is 4.17. The molecule has 0 spiro atoms. The smallest absolute Gasteiger partial charge is 0.269 e. The fourth-order valence-corrected chi connectivity index (χ4v) is 1.11. The van der Waals surface area contributed by atoms with Gasteiger partial charge >= 0.3 is 0 Å². The minimum absolute atomic E-state index is 0.0861. The number of carbonyl (C=O) groups is 2. The van der Waals surface area contributed by atoms with E-state index in [-0.39, 0.29) is 5.69 Å². The maximum absolute atomic E-state index is 11.4. The van der Waals surface area contributed by atoms with Crippen molar-refractivity contribution in [1.29, 1.82) is 0 Å². The normalized spacial score (nSPS) is 11.6. The van der Waals surface area contributed by atoms with Gasteiger partial charge in [0.2, 0.25) is 5.91 Å². The summed E-state index contributed by atoms with van der Waals surface area (Å²) in [6.07, 6.45) is 0. The fourth-order valence-electron chi connectivity index (χ4n) is 1.06. The summed E-state index contributed by atoms with van der Waals surface area (Å²) in [4.78, 5) is 32.0. The summed E-state index contributed by atoms with van der Waals surface area (Å²) in [6, 6.07) is 5.21. The molecular formula is C10H9ClN2O4. The van der Waals surface area contributed by atoms with Crippen LogP contribution in [0.2, 0.25) is 0 Å². The van der Waals surface area contributed by atoms with Crippen LogP contribution in [0.3, 0.4) is 0 Å². The fraction of sp³-hybridized carbons (Fsp3) is 0.200. The van der Waals surface area contributed by atoms with Crippen LogP contribution in [0, 0.1) is 10.1 Å². The highest BCUT2D eigenvalue weighted by Crippen LogP contribution is 2.16. The number of nitro groups is 1. The summed E-state index contributed by atoms with van der Waals surface area (Å²) in [5.41, 5.74) is 0.254. The average Bonchev–Trinajstić information content (AvgIpc) is 2.28. The second kappa shape index (κ2) is 5.40. The van der Waals surface area contributed by atoms with Crippen molar-refractivity contribution < 1.29 is 14.5 Å². The topological polar surface area (TPSA) is 89.3 Å². The van der Waals surface area contributed by atoms with E-state index < -0.39 is 22.0 Å². The van der Waals surface area contributed by atoms with Crippen LogP contribution >= 0.6 is 11.6 Å². The Morgan fingerprint density at radius 1 is 1.35 bits per heavy atom. The largest absolute Gasteiger partial charge is 0.324 e. The van der Waals surface area contributed by atoms with Gasteiger partial charge in [0.15, 0.2) is 11.2 Å². The number of ketones is 1. The van der Waals surface area contributed by atoms with Gasteiger partial charge in [-0.25, -0.2) is 0 Å². The van der Waals surface area contributed by atoms with Crippen molar-refractivity contribution in [2.24, 2.45) is 0 Å². The molecule has 0 radical (unpaired) electrons. The first-order chi connectivity index (χ1) is 7.91. The Hall–Kier alpha value is -1.95. The van der Waals surface area contributed by atoms with Gasteiger partial charge in [-0.1, -0.05) is 0 Å². The Morgan fingerprint density at radius 3 is 2.29 bits per heavy atom. The molecule has 0 aliphatic carbocycles. The Balaban J connectivity index is 2.73. The van der Waals surface area contributed by atoms with Gasteiger partial charge in [0, 0.05) is 17.8 Å². The second-order valence-corrected chi connectivity index (χ2v) is 3.70. The molecule has 1 amide bonds. The number of Topliss-reactive ketones (excluding diaryl/α,β-unsaturated/α-hetero) is 1. The molecule has 17 heavy (non-hydrogen) atoms. The molecule has 1 rings (SSSR count). The number of hydrogen-bond acceptors (Lipinski definition) is 4. The number of carbonyl (C=O) groups excluding carboxylic acids is 2. The number of non-ortho nitro benzene ring substituents is 1. The molecule has 7 heteroatoms. The van der Waals surface area contributed by atoms with Gasteiger partial charge in [0.05, 0.1) is 4.92 Å². The average molecular weight is 257 g/mol. The third-order valence-electron chi connectivity index (χ3n) is 1.93. The van der Waals surface area contributed by atoms with Crippen LogP contribution in [-0.4, -0.2) is 22.0 Å². The molecule has 0 saturated heterocycles. The SMILES string of the molecule is CC(=O)C(Cl)C(=O)Nc1ccc([N+](=O)[O-])cc1. The number of nitrogens with zero attached hydrogens (tertiary/aromatic N) is 1. The van der Waals surface area contributed by atoms with Gasteiger partial charge in [-0.2, -0.15) is 0 Å². The molecule has 0 bridgehead atoms. The molecule has 1 unspecified atom stereocenters. The molecule has 90 valence electrons. The zero-order valence-electron chi connectivity index (χ0n) is 8.84. The Morgan fingerprint density at radius 2 is 1.88 bits per heavy atom. The van der Waals surface area contributed by atoms with Crippen LogP contribution in [0.5, 0.6) is 0 Å². The highest BCUT2D eigenvalue weighted by molar-refractivity contribution is 6.43. The minimum Gasteiger partial charge on any atom is -0.324 e. The first kappa shape index (κ1) is 13.1. The quantitative estimate of drug-likeness (QED) is 0.384. The molecule has 6 nitrogen and oxygen atoms in total. The van der Waals surface area contributed by atoms with E-state index >= 15 is 0 Å². The van der Waals surface area contributed by atoms with E-state index in [1.54, 1.807) is 0 Å². The first-order valence-electron chi connectivity index (χ1n) is 4.61. The van der Waals surface area contributed by atoms with Crippen molar-refractivity contribution in [1.82, 2.24) is 0 Å². The number of amides is 1. The summed E-state index contributed by atoms with van der Waals surface area (Å²) in [5.74, 6) is -1.13. The molecule has 1 atom stereocenters. The summed E-state index contributed by atoms with van der Waals surface area (Å²) in [5, 5.41) is 11.5. The number of anilines is 1. The van der Waals surface area contributed by atoms with Crippen molar-refractivity contribution in [3.05, 3.63) is 34.4 Å². The van der Waals surface area contributed by atoms with Crippen LogP contribution in [-0.2, 0) is 9.59 Å². The van der Waals surface area contributed by atoms with Crippen LogP contribution < -0.4 is 5.32 Å². The minimum atomic E-state index is -1.26. The van der Waals surface area contributed by atoms with Crippen LogP contribution in [0.4, 0.5) is 11.4 Å². The van der Waals surface area contributed by atoms with E-state index in [9.17, 15) is 19.7 Å². The predicted octanol–water partition coefficient (Wildman–Crippen LogP) is 1.73. The molecule has 0 aliphatic heterocycles. The summed E-state index contributed by atoms with van der Waals surface area (Å²) in [7, 11) is 0. The molecule has 0 aliphatic rings. The third kappa shape index (κ3) is 3.53. The molecule has 0 saturated carbocycles. The van der Waals surface area contributed by atoms with E-state index in [0.29, 0.717) is 5.69 Å².